The molecule has 0 unspecified atom stereocenters. The number of amides is 2. The molecule has 1 aromatic carbocycles. The Morgan fingerprint density at radius 2 is 1.96 bits per heavy atom. The Balaban J connectivity index is 2.39. The zero-order chi connectivity index (χ0) is 17.7. The van der Waals surface area contributed by atoms with Crippen molar-refractivity contribution in [3.05, 3.63) is 39.8 Å². The summed E-state index contributed by atoms with van der Waals surface area (Å²) in [5.41, 5.74) is 3.31. The van der Waals surface area contributed by atoms with Crippen LogP contribution in [0.5, 0.6) is 0 Å². The maximum Gasteiger partial charge on any atom is 0.267 e. The van der Waals surface area contributed by atoms with E-state index >= 15 is 0 Å². The number of thioether (sulfide) groups is 1. The summed E-state index contributed by atoms with van der Waals surface area (Å²) in [5.74, 6) is -0.151. The van der Waals surface area contributed by atoms with E-state index in [1.807, 2.05) is 32.0 Å². The fraction of sp³-hybridized carbons (Fsp3) is 0.444. The first-order chi connectivity index (χ1) is 11.5. The van der Waals surface area contributed by atoms with Crippen LogP contribution in [-0.4, -0.2) is 54.4 Å². The molecule has 0 bridgehead atoms. The third kappa shape index (κ3) is 3.88. The minimum atomic E-state index is -0.274. The number of hydrogen-bond acceptors (Lipinski definition) is 5. The molecule has 2 amide bonds. The van der Waals surface area contributed by atoms with Gasteiger partial charge in [0.15, 0.2) is 0 Å². The number of aliphatic hydroxyl groups excluding tert-OH is 1. The van der Waals surface area contributed by atoms with Gasteiger partial charge < -0.3 is 9.84 Å². The molecule has 0 saturated carbocycles. The molecule has 0 radical (unpaired) electrons. The molecule has 0 fully saturated rings. The highest BCUT2D eigenvalue weighted by molar-refractivity contribution is 8.04. The predicted octanol–water partition coefficient (Wildman–Crippen LogP) is 2.15. The lowest BCUT2D eigenvalue weighted by Crippen LogP contribution is -2.33. The largest absolute Gasteiger partial charge is 0.396 e. The van der Waals surface area contributed by atoms with Gasteiger partial charge in [-0.2, -0.15) is 0 Å². The number of aliphatic hydroxyl groups is 1. The van der Waals surface area contributed by atoms with Crippen molar-refractivity contribution >= 4 is 29.1 Å². The molecule has 24 heavy (non-hydrogen) atoms. The van der Waals surface area contributed by atoms with Crippen molar-refractivity contribution in [2.45, 2.75) is 20.3 Å². The van der Waals surface area contributed by atoms with Crippen LogP contribution in [0.2, 0.25) is 0 Å². The highest BCUT2D eigenvalue weighted by atomic mass is 32.2. The molecule has 2 rings (SSSR count). The van der Waals surface area contributed by atoms with Crippen LogP contribution in [0.1, 0.15) is 23.1 Å². The summed E-state index contributed by atoms with van der Waals surface area (Å²) >= 11 is 1.24. The molecule has 1 heterocycles. The molecular formula is C18H23NO4S. The van der Waals surface area contributed by atoms with Gasteiger partial charge in [0.05, 0.1) is 17.1 Å². The Labute approximate surface area is 146 Å². The molecule has 130 valence electrons. The van der Waals surface area contributed by atoms with Crippen LogP contribution < -0.4 is 0 Å². The van der Waals surface area contributed by atoms with E-state index in [9.17, 15) is 9.59 Å². The number of rotatable bonds is 8. The number of imide groups is 1. The standard InChI is InChI=1S/C18H23NO4S/c1-12-5-6-14(13(2)11-12)15-16(24-10-8-20)18(22)19(17(15)21)7-4-9-23-3/h5-6,11,20H,4,7-10H2,1-3H3. The summed E-state index contributed by atoms with van der Waals surface area (Å²) in [6.45, 7) is 4.72. The van der Waals surface area contributed by atoms with Crippen LogP contribution in [-0.2, 0) is 14.3 Å². The molecule has 0 aromatic heterocycles. The number of hydrogen-bond donors (Lipinski definition) is 1. The van der Waals surface area contributed by atoms with Crippen molar-refractivity contribution in [1.82, 2.24) is 4.90 Å². The lowest BCUT2D eigenvalue weighted by atomic mass is 9.99. The number of methoxy groups -OCH3 is 1. The quantitative estimate of drug-likeness (QED) is 0.575. The van der Waals surface area contributed by atoms with Gasteiger partial charge >= 0.3 is 0 Å². The topological polar surface area (TPSA) is 66.8 Å². The summed E-state index contributed by atoms with van der Waals surface area (Å²) in [6, 6.07) is 5.83. The number of carbonyl (C=O) groups is 2. The Morgan fingerprint density at radius 1 is 1.21 bits per heavy atom. The van der Waals surface area contributed by atoms with E-state index in [1.165, 1.54) is 16.7 Å². The number of benzene rings is 1. The minimum absolute atomic E-state index is 0.0422. The number of aryl methyl sites for hydroxylation is 2. The van der Waals surface area contributed by atoms with Crippen molar-refractivity contribution in [1.29, 1.82) is 0 Å². The number of ether oxygens (including phenoxy) is 1. The van der Waals surface area contributed by atoms with E-state index in [-0.39, 0.29) is 18.4 Å². The monoisotopic (exact) mass is 349 g/mol. The molecular weight excluding hydrogens is 326 g/mol. The third-order valence-electron chi connectivity index (χ3n) is 3.84. The molecule has 5 nitrogen and oxygen atoms in total. The second-order valence-electron chi connectivity index (χ2n) is 5.70. The van der Waals surface area contributed by atoms with Crippen LogP contribution in [0.4, 0.5) is 0 Å². The van der Waals surface area contributed by atoms with Crippen molar-refractivity contribution in [2.24, 2.45) is 0 Å². The highest BCUT2D eigenvalue weighted by Gasteiger charge is 2.39. The van der Waals surface area contributed by atoms with E-state index in [1.54, 1.807) is 7.11 Å². The number of nitrogens with zero attached hydrogens (tertiary/aromatic N) is 1. The van der Waals surface area contributed by atoms with Crippen LogP contribution >= 0.6 is 11.8 Å². The van der Waals surface area contributed by atoms with E-state index in [4.69, 9.17) is 9.84 Å². The second kappa shape index (κ2) is 8.46. The van der Waals surface area contributed by atoms with E-state index in [2.05, 4.69) is 0 Å². The molecule has 1 aromatic rings. The number of carbonyl (C=O) groups excluding carboxylic acids is 2. The van der Waals surface area contributed by atoms with Crippen LogP contribution in [0.3, 0.4) is 0 Å². The molecule has 6 heteroatoms. The Morgan fingerprint density at radius 3 is 2.58 bits per heavy atom. The van der Waals surface area contributed by atoms with Gasteiger partial charge in [0.2, 0.25) is 0 Å². The SMILES string of the molecule is COCCCN1C(=O)C(SCCO)=C(c2ccc(C)cc2C)C1=O. The predicted molar refractivity (Wildman–Crippen MR) is 95.6 cm³/mol. The highest BCUT2D eigenvalue weighted by Crippen LogP contribution is 2.37. The fourth-order valence-corrected chi connectivity index (χ4v) is 3.61. The lowest BCUT2D eigenvalue weighted by molar-refractivity contribution is -0.136. The fourth-order valence-electron chi connectivity index (χ4n) is 2.74. The van der Waals surface area contributed by atoms with Crippen molar-refractivity contribution in [3.63, 3.8) is 0 Å². The van der Waals surface area contributed by atoms with Crippen molar-refractivity contribution in [3.8, 4) is 0 Å². The molecule has 0 atom stereocenters. The maximum atomic E-state index is 12.9. The van der Waals surface area contributed by atoms with Crippen LogP contribution in [0.25, 0.3) is 5.57 Å². The lowest BCUT2D eigenvalue weighted by Gasteiger charge is -2.15. The van der Waals surface area contributed by atoms with Gasteiger partial charge in [-0.25, -0.2) is 0 Å². The Hall–Kier alpha value is -1.63. The summed E-state index contributed by atoms with van der Waals surface area (Å²) in [4.78, 5) is 27.2. The van der Waals surface area contributed by atoms with Gasteiger partial charge in [-0.1, -0.05) is 23.8 Å². The summed E-state index contributed by atoms with van der Waals surface area (Å²) in [7, 11) is 1.59. The average Bonchev–Trinajstić information content (AvgIpc) is 2.77. The van der Waals surface area contributed by atoms with E-state index < -0.39 is 0 Å². The van der Waals surface area contributed by atoms with Gasteiger partial charge in [-0.15, -0.1) is 11.8 Å². The normalized spacial score (nSPS) is 14.9. The van der Waals surface area contributed by atoms with Gasteiger partial charge in [-0.05, 0) is 31.4 Å². The first-order valence-corrected chi connectivity index (χ1v) is 8.90. The van der Waals surface area contributed by atoms with Gasteiger partial charge in [0, 0.05) is 26.0 Å². The summed E-state index contributed by atoms with van der Waals surface area (Å²) in [5, 5.41) is 9.10. The first-order valence-electron chi connectivity index (χ1n) is 7.92. The smallest absolute Gasteiger partial charge is 0.267 e. The van der Waals surface area contributed by atoms with Gasteiger partial charge in [0.1, 0.15) is 0 Å². The summed E-state index contributed by atoms with van der Waals surface area (Å²) in [6.07, 6.45) is 0.603. The van der Waals surface area contributed by atoms with Crippen molar-refractivity contribution in [2.75, 3.05) is 32.6 Å². The molecule has 1 N–H and O–H groups in total. The molecule has 0 spiro atoms. The zero-order valence-corrected chi connectivity index (χ0v) is 15.1. The average molecular weight is 349 g/mol. The van der Waals surface area contributed by atoms with Crippen molar-refractivity contribution < 1.29 is 19.4 Å². The molecule has 0 aliphatic carbocycles. The molecule has 1 aliphatic heterocycles. The second-order valence-corrected chi connectivity index (χ2v) is 6.81. The van der Waals surface area contributed by atoms with E-state index in [0.717, 1.165) is 16.7 Å². The van der Waals surface area contributed by atoms with E-state index in [0.29, 0.717) is 35.8 Å². The first kappa shape index (κ1) is 18.7. The third-order valence-corrected chi connectivity index (χ3v) is 4.90. The summed E-state index contributed by atoms with van der Waals surface area (Å²) < 4.78 is 5.01. The van der Waals surface area contributed by atoms with Gasteiger partial charge in [0.25, 0.3) is 11.8 Å². The Kier molecular flexibility index (Phi) is 6.60. The minimum Gasteiger partial charge on any atom is -0.396 e. The maximum absolute atomic E-state index is 12.9. The van der Waals surface area contributed by atoms with Crippen LogP contribution in [0.15, 0.2) is 23.1 Å². The molecule has 1 aliphatic rings. The van der Waals surface area contributed by atoms with Gasteiger partial charge in [-0.3, -0.25) is 14.5 Å². The zero-order valence-electron chi connectivity index (χ0n) is 14.3. The molecule has 0 saturated heterocycles. The Bertz CT molecular complexity index is 669. The van der Waals surface area contributed by atoms with Crippen LogP contribution in [0, 0.1) is 13.8 Å².